The summed E-state index contributed by atoms with van der Waals surface area (Å²) >= 11 is 0. The van der Waals surface area contributed by atoms with Crippen LogP contribution in [0.3, 0.4) is 0 Å². The minimum atomic E-state index is -0.212. The molecule has 0 spiro atoms. The lowest BCUT2D eigenvalue weighted by Crippen LogP contribution is -2.15. The summed E-state index contributed by atoms with van der Waals surface area (Å²) in [6, 6.07) is 14.6. The maximum atomic E-state index is 12.6. The first-order valence-electron chi connectivity index (χ1n) is 7.86. The van der Waals surface area contributed by atoms with Gasteiger partial charge in [0.2, 0.25) is 0 Å². The van der Waals surface area contributed by atoms with Crippen LogP contribution in [0.4, 0.5) is 5.69 Å². The van der Waals surface area contributed by atoms with E-state index in [1.54, 1.807) is 6.07 Å². The van der Waals surface area contributed by atoms with Gasteiger partial charge in [0, 0.05) is 0 Å². The number of carbonyl (C=O) groups is 1. The van der Waals surface area contributed by atoms with Crippen LogP contribution in [0.5, 0.6) is 11.5 Å². The average Bonchev–Trinajstić information content (AvgIpc) is 2.55. The summed E-state index contributed by atoms with van der Waals surface area (Å²) in [6.07, 6.45) is 0. The quantitative estimate of drug-likeness (QED) is 0.825. The Hall–Kier alpha value is -2.49. The second-order valence-corrected chi connectivity index (χ2v) is 5.58. The van der Waals surface area contributed by atoms with Crippen molar-refractivity contribution in [3.63, 3.8) is 0 Å². The van der Waals surface area contributed by atoms with Crippen molar-refractivity contribution in [3.05, 3.63) is 54.1 Å². The molecule has 0 aromatic heterocycles. The predicted molar refractivity (Wildman–Crippen MR) is 92.3 cm³/mol. The Bertz CT molecular complexity index is 653. The minimum Gasteiger partial charge on any atom is -0.492 e. The molecular formula is C19H23NO3. The van der Waals surface area contributed by atoms with E-state index in [0.29, 0.717) is 41.9 Å². The van der Waals surface area contributed by atoms with Gasteiger partial charge in [-0.15, -0.1) is 0 Å². The number of ether oxygens (including phenoxy) is 2. The molecule has 2 rings (SSSR count). The summed E-state index contributed by atoms with van der Waals surface area (Å²) in [6.45, 7) is 7.16. The molecule has 0 aliphatic rings. The Morgan fingerprint density at radius 3 is 2.35 bits per heavy atom. The van der Waals surface area contributed by atoms with Gasteiger partial charge in [-0.3, -0.25) is 4.79 Å². The molecule has 2 aromatic carbocycles. The van der Waals surface area contributed by atoms with Gasteiger partial charge in [0.05, 0.1) is 24.5 Å². The molecule has 0 aliphatic carbocycles. The van der Waals surface area contributed by atoms with E-state index in [9.17, 15) is 4.79 Å². The second-order valence-electron chi connectivity index (χ2n) is 5.58. The molecule has 1 amide bonds. The van der Waals surface area contributed by atoms with Crippen molar-refractivity contribution in [2.24, 2.45) is 5.92 Å². The highest BCUT2D eigenvalue weighted by molar-refractivity contribution is 6.06. The van der Waals surface area contributed by atoms with E-state index >= 15 is 0 Å². The number of para-hydroxylation sites is 3. The maximum absolute atomic E-state index is 12.6. The number of amides is 1. The van der Waals surface area contributed by atoms with Crippen LogP contribution in [-0.4, -0.2) is 19.1 Å². The van der Waals surface area contributed by atoms with E-state index < -0.39 is 0 Å². The fourth-order valence-corrected chi connectivity index (χ4v) is 2.08. The SMILES string of the molecule is CCOc1ccccc1NC(=O)c1ccccc1OCC(C)C. The Balaban J connectivity index is 2.18. The van der Waals surface area contributed by atoms with E-state index in [-0.39, 0.29) is 5.91 Å². The van der Waals surface area contributed by atoms with Gasteiger partial charge >= 0.3 is 0 Å². The molecule has 0 aliphatic heterocycles. The largest absolute Gasteiger partial charge is 0.492 e. The molecule has 0 fully saturated rings. The molecule has 1 N–H and O–H groups in total. The van der Waals surface area contributed by atoms with Crippen molar-refractivity contribution in [2.75, 3.05) is 18.5 Å². The van der Waals surface area contributed by atoms with Gasteiger partial charge in [-0.05, 0) is 37.1 Å². The summed E-state index contributed by atoms with van der Waals surface area (Å²) in [4.78, 5) is 12.6. The average molecular weight is 313 g/mol. The lowest BCUT2D eigenvalue weighted by atomic mass is 10.1. The first-order valence-corrected chi connectivity index (χ1v) is 7.86. The first-order chi connectivity index (χ1) is 11.1. The molecule has 0 saturated carbocycles. The van der Waals surface area contributed by atoms with Crippen LogP contribution >= 0.6 is 0 Å². The summed E-state index contributed by atoms with van der Waals surface area (Å²) < 4.78 is 11.3. The smallest absolute Gasteiger partial charge is 0.259 e. The number of anilines is 1. The Morgan fingerprint density at radius 1 is 1.00 bits per heavy atom. The van der Waals surface area contributed by atoms with E-state index in [1.807, 2.05) is 49.4 Å². The van der Waals surface area contributed by atoms with Crippen LogP contribution in [0.1, 0.15) is 31.1 Å². The van der Waals surface area contributed by atoms with Gasteiger partial charge in [-0.25, -0.2) is 0 Å². The molecule has 0 radical (unpaired) electrons. The molecular weight excluding hydrogens is 290 g/mol. The predicted octanol–water partition coefficient (Wildman–Crippen LogP) is 4.37. The second kappa shape index (κ2) is 8.22. The zero-order chi connectivity index (χ0) is 16.7. The molecule has 4 nitrogen and oxygen atoms in total. The summed E-state index contributed by atoms with van der Waals surface area (Å²) in [7, 11) is 0. The molecule has 122 valence electrons. The van der Waals surface area contributed by atoms with Gasteiger partial charge in [0.15, 0.2) is 0 Å². The first kappa shape index (κ1) is 16.9. The van der Waals surface area contributed by atoms with Crippen LogP contribution in [0.25, 0.3) is 0 Å². The topological polar surface area (TPSA) is 47.6 Å². The van der Waals surface area contributed by atoms with Gasteiger partial charge in [0.25, 0.3) is 5.91 Å². The van der Waals surface area contributed by atoms with Crippen molar-refractivity contribution >= 4 is 11.6 Å². The summed E-state index contributed by atoms with van der Waals surface area (Å²) in [5.74, 6) is 1.43. The number of benzene rings is 2. The zero-order valence-electron chi connectivity index (χ0n) is 13.8. The molecule has 0 heterocycles. The van der Waals surface area contributed by atoms with Crippen molar-refractivity contribution in [2.45, 2.75) is 20.8 Å². The number of hydrogen-bond donors (Lipinski definition) is 1. The lowest BCUT2D eigenvalue weighted by molar-refractivity contribution is 0.102. The van der Waals surface area contributed by atoms with Crippen molar-refractivity contribution in [1.82, 2.24) is 0 Å². The van der Waals surface area contributed by atoms with Crippen LogP contribution in [0, 0.1) is 5.92 Å². The molecule has 0 saturated heterocycles. The number of rotatable bonds is 7. The molecule has 4 heteroatoms. The number of hydrogen-bond acceptors (Lipinski definition) is 3. The highest BCUT2D eigenvalue weighted by Gasteiger charge is 2.14. The third kappa shape index (κ3) is 4.74. The van der Waals surface area contributed by atoms with Crippen LogP contribution in [0.15, 0.2) is 48.5 Å². The lowest BCUT2D eigenvalue weighted by Gasteiger charge is -2.14. The molecule has 0 bridgehead atoms. The highest BCUT2D eigenvalue weighted by atomic mass is 16.5. The fourth-order valence-electron chi connectivity index (χ4n) is 2.08. The van der Waals surface area contributed by atoms with Gasteiger partial charge in [-0.2, -0.15) is 0 Å². The van der Waals surface area contributed by atoms with Crippen LogP contribution in [-0.2, 0) is 0 Å². The minimum absolute atomic E-state index is 0.212. The summed E-state index contributed by atoms with van der Waals surface area (Å²) in [5.41, 5.74) is 1.16. The van der Waals surface area contributed by atoms with Crippen molar-refractivity contribution in [3.8, 4) is 11.5 Å². The molecule has 2 aromatic rings. The molecule has 23 heavy (non-hydrogen) atoms. The van der Waals surface area contributed by atoms with E-state index in [2.05, 4.69) is 19.2 Å². The van der Waals surface area contributed by atoms with Crippen LogP contribution < -0.4 is 14.8 Å². The van der Waals surface area contributed by atoms with E-state index in [1.165, 1.54) is 0 Å². The number of nitrogens with one attached hydrogen (secondary N) is 1. The van der Waals surface area contributed by atoms with Crippen molar-refractivity contribution in [1.29, 1.82) is 0 Å². The monoisotopic (exact) mass is 313 g/mol. The zero-order valence-corrected chi connectivity index (χ0v) is 13.8. The standard InChI is InChI=1S/C19H23NO3/c1-4-22-18-12-8-6-10-16(18)20-19(21)15-9-5-7-11-17(15)23-13-14(2)3/h5-12,14H,4,13H2,1-3H3,(H,20,21). The Morgan fingerprint density at radius 2 is 1.65 bits per heavy atom. The number of carbonyl (C=O) groups excluding carboxylic acids is 1. The molecule has 0 atom stereocenters. The van der Waals surface area contributed by atoms with Crippen molar-refractivity contribution < 1.29 is 14.3 Å². The third-order valence-corrected chi connectivity index (χ3v) is 3.14. The van der Waals surface area contributed by atoms with Gasteiger partial charge < -0.3 is 14.8 Å². The van der Waals surface area contributed by atoms with E-state index in [4.69, 9.17) is 9.47 Å². The maximum Gasteiger partial charge on any atom is 0.259 e. The Kier molecular flexibility index (Phi) is 6.03. The fraction of sp³-hybridized carbons (Fsp3) is 0.316. The van der Waals surface area contributed by atoms with Gasteiger partial charge in [0.1, 0.15) is 11.5 Å². The van der Waals surface area contributed by atoms with Crippen LogP contribution in [0.2, 0.25) is 0 Å². The van der Waals surface area contributed by atoms with E-state index in [0.717, 1.165) is 0 Å². The van der Waals surface area contributed by atoms with Gasteiger partial charge in [-0.1, -0.05) is 38.1 Å². The highest BCUT2D eigenvalue weighted by Crippen LogP contribution is 2.26. The molecule has 0 unspecified atom stereocenters. The Labute approximate surface area is 137 Å². The normalized spacial score (nSPS) is 10.4. The third-order valence-electron chi connectivity index (χ3n) is 3.14. The summed E-state index contributed by atoms with van der Waals surface area (Å²) in [5, 5.41) is 2.90.